The molecule has 3 aromatic rings. The topological polar surface area (TPSA) is 90.3 Å². The lowest BCUT2D eigenvalue weighted by Crippen LogP contribution is -2.46. The summed E-state index contributed by atoms with van der Waals surface area (Å²) in [6.07, 6.45) is 1.12. The Morgan fingerprint density at radius 3 is 2.03 bits per heavy atom. The minimum absolute atomic E-state index is 0.558. The molecule has 4 rings (SSSR count). The number of hydrogen-bond acceptors (Lipinski definition) is 5. The third-order valence-electron chi connectivity index (χ3n) is 5.61. The molecule has 0 amide bonds. The van der Waals surface area contributed by atoms with Gasteiger partial charge in [-0.2, -0.15) is 0 Å². The maximum Gasteiger partial charge on any atom is 0.328 e. The molecule has 0 spiro atoms. The van der Waals surface area contributed by atoms with E-state index in [9.17, 15) is 9.59 Å². The molecule has 1 fully saturated rings. The van der Waals surface area contributed by atoms with Crippen molar-refractivity contribution >= 4 is 17.6 Å². The zero-order chi connectivity index (χ0) is 25.0. The van der Waals surface area contributed by atoms with E-state index in [1.807, 2.05) is 12.1 Å². The van der Waals surface area contributed by atoms with Crippen molar-refractivity contribution < 1.29 is 24.5 Å². The zero-order valence-electron chi connectivity index (χ0n) is 19.7. The number of carboxylic acid groups (broad SMARTS) is 2. The first-order chi connectivity index (χ1) is 17.0. The number of rotatable bonds is 7. The Kier molecular flexibility index (Phi) is 9.45. The Morgan fingerprint density at radius 2 is 1.40 bits per heavy atom. The summed E-state index contributed by atoms with van der Waals surface area (Å²) in [4.78, 5) is 24.1. The van der Waals surface area contributed by atoms with Crippen molar-refractivity contribution in [3.05, 3.63) is 96.6 Å². The zero-order valence-corrected chi connectivity index (χ0v) is 19.7. The second-order valence-corrected chi connectivity index (χ2v) is 8.01. The smallest absolute Gasteiger partial charge is 0.328 e. The number of carbonyl (C=O) groups is 2. The highest BCUT2D eigenvalue weighted by Gasteiger charge is 2.19. The number of benzene rings is 3. The summed E-state index contributed by atoms with van der Waals surface area (Å²) in [6.45, 7) is 5.18. The van der Waals surface area contributed by atoms with Crippen LogP contribution in [0.1, 0.15) is 5.56 Å². The number of ether oxygens (including phenoxy) is 1. The Balaban J connectivity index is 0.000000371. The van der Waals surface area contributed by atoms with E-state index in [0.717, 1.165) is 38.5 Å². The van der Waals surface area contributed by atoms with Gasteiger partial charge < -0.3 is 19.8 Å². The van der Waals surface area contributed by atoms with Crippen LogP contribution in [0.4, 0.5) is 5.69 Å². The van der Waals surface area contributed by atoms with Crippen LogP contribution in [0.5, 0.6) is 5.75 Å². The lowest BCUT2D eigenvalue weighted by Gasteiger charge is -2.36. The molecule has 0 aromatic heterocycles. The predicted octanol–water partition coefficient (Wildman–Crippen LogP) is 4.40. The fourth-order valence-corrected chi connectivity index (χ4v) is 3.92. The van der Waals surface area contributed by atoms with Crippen LogP contribution in [0.15, 0.2) is 91.0 Å². The number of carboxylic acids is 2. The molecule has 0 radical (unpaired) electrons. The number of aliphatic carboxylic acids is 2. The quantitative estimate of drug-likeness (QED) is 0.491. The normalized spacial score (nSPS) is 13.7. The van der Waals surface area contributed by atoms with E-state index < -0.39 is 11.9 Å². The van der Waals surface area contributed by atoms with Crippen molar-refractivity contribution in [3.63, 3.8) is 0 Å². The molecule has 0 atom stereocenters. The van der Waals surface area contributed by atoms with Crippen molar-refractivity contribution in [3.8, 4) is 16.9 Å². The SMILES string of the molecule is COc1ccccc1N1CCN(Cc2cccc(-c3ccccc3)c2)CC1.O=C(O)C=CC(=O)O. The molecule has 2 N–H and O–H groups in total. The second kappa shape index (κ2) is 13.0. The fraction of sp³-hybridized carbons (Fsp3) is 0.214. The Bertz CT molecular complexity index is 1120. The summed E-state index contributed by atoms with van der Waals surface area (Å²) in [5.74, 6) is -1.55. The second-order valence-electron chi connectivity index (χ2n) is 8.01. The lowest BCUT2D eigenvalue weighted by molar-refractivity contribution is -0.134. The van der Waals surface area contributed by atoms with E-state index in [2.05, 4.69) is 76.5 Å². The van der Waals surface area contributed by atoms with E-state index in [1.165, 1.54) is 22.4 Å². The van der Waals surface area contributed by atoms with Crippen molar-refractivity contribution in [2.45, 2.75) is 6.54 Å². The molecule has 1 aliphatic heterocycles. The molecule has 1 aliphatic rings. The van der Waals surface area contributed by atoms with Crippen LogP contribution >= 0.6 is 0 Å². The third kappa shape index (κ3) is 8.01. The van der Waals surface area contributed by atoms with Gasteiger partial charge in [0.1, 0.15) is 5.75 Å². The van der Waals surface area contributed by atoms with Crippen molar-refractivity contribution in [2.75, 3.05) is 38.2 Å². The van der Waals surface area contributed by atoms with E-state index in [4.69, 9.17) is 14.9 Å². The molecule has 0 aliphatic carbocycles. The molecule has 35 heavy (non-hydrogen) atoms. The first kappa shape index (κ1) is 25.5. The highest BCUT2D eigenvalue weighted by Crippen LogP contribution is 2.28. The molecule has 7 nitrogen and oxygen atoms in total. The maximum atomic E-state index is 9.55. The van der Waals surface area contributed by atoms with Crippen LogP contribution in [-0.4, -0.2) is 60.3 Å². The Labute approximate surface area is 205 Å². The molecule has 1 heterocycles. The molecule has 3 aromatic carbocycles. The standard InChI is InChI=1S/C24H26N2O.C4H4O4/c1-27-24-13-6-5-12-23(24)26-16-14-25(15-17-26)19-20-8-7-11-22(18-20)21-9-3-2-4-10-21;5-3(6)1-2-4(7)8/h2-13,18H,14-17,19H2,1H3;1-2H,(H,5,6)(H,7,8). The largest absolute Gasteiger partial charge is 0.495 e. The number of hydrogen-bond donors (Lipinski definition) is 2. The first-order valence-electron chi connectivity index (χ1n) is 11.3. The van der Waals surface area contributed by atoms with Crippen LogP contribution < -0.4 is 9.64 Å². The van der Waals surface area contributed by atoms with Gasteiger partial charge >= 0.3 is 11.9 Å². The van der Waals surface area contributed by atoms with Gasteiger partial charge in [-0.05, 0) is 34.9 Å². The van der Waals surface area contributed by atoms with Gasteiger partial charge in [0.05, 0.1) is 12.8 Å². The van der Waals surface area contributed by atoms with E-state index in [0.29, 0.717) is 12.2 Å². The van der Waals surface area contributed by atoms with Gasteiger partial charge in [0.15, 0.2) is 0 Å². The molecule has 0 unspecified atom stereocenters. The fourth-order valence-electron chi connectivity index (χ4n) is 3.92. The van der Waals surface area contributed by atoms with Crippen LogP contribution in [0.25, 0.3) is 11.1 Å². The predicted molar refractivity (Wildman–Crippen MR) is 137 cm³/mol. The molecule has 182 valence electrons. The summed E-state index contributed by atoms with van der Waals surface area (Å²) in [5, 5.41) is 15.6. The number of nitrogens with zero attached hydrogens (tertiary/aromatic N) is 2. The maximum absolute atomic E-state index is 9.55. The summed E-state index contributed by atoms with van der Waals surface area (Å²) >= 11 is 0. The molecule has 1 saturated heterocycles. The Hall–Kier alpha value is -4.10. The average molecular weight is 475 g/mol. The Morgan fingerprint density at radius 1 is 0.800 bits per heavy atom. The van der Waals surface area contributed by atoms with Crippen LogP contribution in [0, 0.1) is 0 Å². The summed E-state index contributed by atoms with van der Waals surface area (Å²) < 4.78 is 5.52. The van der Waals surface area contributed by atoms with Crippen molar-refractivity contribution in [1.29, 1.82) is 0 Å². The number of para-hydroxylation sites is 2. The van der Waals surface area contributed by atoms with Crippen molar-refractivity contribution in [1.82, 2.24) is 4.90 Å². The lowest BCUT2D eigenvalue weighted by atomic mass is 10.0. The van der Waals surface area contributed by atoms with Gasteiger partial charge in [-0.3, -0.25) is 4.90 Å². The van der Waals surface area contributed by atoms with Gasteiger partial charge in [0.2, 0.25) is 0 Å². The number of methoxy groups -OCH3 is 1. The summed E-state index contributed by atoms with van der Waals surface area (Å²) in [5.41, 5.74) is 5.15. The van der Waals surface area contributed by atoms with Gasteiger partial charge in [-0.25, -0.2) is 9.59 Å². The van der Waals surface area contributed by atoms with Gasteiger partial charge in [0, 0.05) is 44.9 Å². The van der Waals surface area contributed by atoms with E-state index in [-0.39, 0.29) is 0 Å². The highest BCUT2D eigenvalue weighted by molar-refractivity contribution is 5.89. The van der Waals surface area contributed by atoms with E-state index >= 15 is 0 Å². The van der Waals surface area contributed by atoms with Crippen molar-refractivity contribution in [2.24, 2.45) is 0 Å². The summed E-state index contributed by atoms with van der Waals surface area (Å²) in [6, 6.07) is 27.8. The van der Waals surface area contributed by atoms with Crippen LogP contribution in [0.3, 0.4) is 0 Å². The minimum Gasteiger partial charge on any atom is -0.495 e. The molecule has 0 saturated carbocycles. The molecular formula is C28H30N2O5. The highest BCUT2D eigenvalue weighted by atomic mass is 16.5. The van der Waals surface area contributed by atoms with Gasteiger partial charge in [-0.1, -0.05) is 60.7 Å². The number of piperazine rings is 1. The molecule has 7 heteroatoms. The minimum atomic E-state index is -1.26. The molecule has 0 bridgehead atoms. The summed E-state index contributed by atoms with van der Waals surface area (Å²) in [7, 11) is 1.74. The van der Waals surface area contributed by atoms with Crippen LogP contribution in [-0.2, 0) is 16.1 Å². The third-order valence-corrected chi connectivity index (χ3v) is 5.61. The first-order valence-corrected chi connectivity index (χ1v) is 11.3. The van der Waals surface area contributed by atoms with E-state index in [1.54, 1.807) is 7.11 Å². The average Bonchev–Trinajstić information content (AvgIpc) is 2.89. The molecular weight excluding hydrogens is 444 g/mol. The monoisotopic (exact) mass is 474 g/mol. The van der Waals surface area contributed by atoms with Crippen LogP contribution in [0.2, 0.25) is 0 Å². The van der Waals surface area contributed by atoms with Gasteiger partial charge in [0.25, 0.3) is 0 Å². The number of anilines is 1. The van der Waals surface area contributed by atoms with Gasteiger partial charge in [-0.15, -0.1) is 0 Å².